The number of nitrogens with zero attached hydrogens (tertiary/aromatic N) is 3. The van der Waals surface area contributed by atoms with Crippen LogP contribution >= 0.6 is 0 Å². The molecule has 0 aliphatic carbocycles. The maximum atomic E-state index is 12.2. The summed E-state index contributed by atoms with van der Waals surface area (Å²) in [5.74, 6) is -0.681. The van der Waals surface area contributed by atoms with Crippen molar-refractivity contribution in [3.63, 3.8) is 0 Å². The summed E-state index contributed by atoms with van der Waals surface area (Å²) < 4.78 is 26.5. The highest BCUT2D eigenvalue weighted by Crippen LogP contribution is 2.26. The van der Waals surface area contributed by atoms with Crippen LogP contribution in [0.3, 0.4) is 0 Å². The third-order valence-corrected chi connectivity index (χ3v) is 3.94. The zero-order valence-electron chi connectivity index (χ0n) is 10.9. The van der Waals surface area contributed by atoms with Gasteiger partial charge in [0, 0.05) is 12.1 Å². The van der Waals surface area contributed by atoms with Gasteiger partial charge in [-0.15, -0.1) is 0 Å². The number of non-ortho nitro benzene ring substituents is 1. The van der Waals surface area contributed by atoms with Gasteiger partial charge in [0.15, 0.2) is 11.6 Å². The van der Waals surface area contributed by atoms with Gasteiger partial charge in [-0.25, -0.2) is 8.42 Å². The predicted octanol–water partition coefficient (Wildman–Crippen LogP) is -0.0678. The lowest BCUT2D eigenvalue weighted by molar-refractivity contribution is -0.384. The van der Waals surface area contributed by atoms with Crippen molar-refractivity contribution in [1.82, 2.24) is 9.97 Å². The number of nitro benzene ring substituents is 1. The fraction of sp³-hybridized carbons (Fsp3) is 0. The number of nitro groups is 1. The molecule has 0 saturated heterocycles. The predicted molar refractivity (Wildman–Crippen MR) is 79.2 cm³/mol. The maximum Gasteiger partial charge on any atom is 0.269 e. The number of anilines is 4. The van der Waals surface area contributed by atoms with Crippen LogP contribution in [0.1, 0.15) is 0 Å². The zero-order chi connectivity index (χ0) is 16.5. The molecular weight excluding hydrogens is 314 g/mol. The van der Waals surface area contributed by atoms with Gasteiger partial charge in [0.1, 0.15) is 5.69 Å². The first kappa shape index (κ1) is 15.2. The van der Waals surface area contributed by atoms with E-state index in [9.17, 15) is 18.5 Å². The topological polar surface area (TPSA) is 193 Å². The molecule has 1 aromatic carbocycles. The summed E-state index contributed by atoms with van der Waals surface area (Å²) in [6, 6.07) is 4.26. The normalized spacial score (nSPS) is 11.1. The minimum Gasteiger partial charge on any atom is -0.382 e. The average molecular weight is 325 g/mol. The fourth-order valence-electron chi connectivity index (χ4n) is 1.56. The second-order valence-electron chi connectivity index (χ2n) is 4.08. The molecule has 0 fully saturated rings. The Morgan fingerprint density at radius 2 is 1.55 bits per heavy atom. The first-order valence-corrected chi connectivity index (χ1v) is 7.15. The molecule has 11 nitrogen and oxygen atoms in total. The highest BCUT2D eigenvalue weighted by Gasteiger charge is 2.20. The molecule has 0 bridgehead atoms. The Morgan fingerprint density at radius 1 is 1.05 bits per heavy atom. The third-order valence-electron chi connectivity index (χ3n) is 2.58. The summed E-state index contributed by atoms with van der Waals surface area (Å²) in [5, 5.41) is 10.6. The molecule has 1 heterocycles. The lowest BCUT2D eigenvalue weighted by Gasteiger charge is -2.11. The third kappa shape index (κ3) is 2.95. The second kappa shape index (κ2) is 5.33. The summed E-state index contributed by atoms with van der Waals surface area (Å²) in [7, 11) is -4.07. The van der Waals surface area contributed by atoms with Crippen molar-refractivity contribution in [1.29, 1.82) is 0 Å². The SMILES string of the molecule is Nc1nc(N)c(NS(=O)(=O)c2ccc([N+](=O)[O-])cc2)c(N)n1. The smallest absolute Gasteiger partial charge is 0.269 e. The summed E-state index contributed by atoms with van der Waals surface area (Å²) >= 11 is 0. The van der Waals surface area contributed by atoms with Gasteiger partial charge in [-0.1, -0.05) is 0 Å². The van der Waals surface area contributed by atoms with Crippen molar-refractivity contribution in [3.05, 3.63) is 34.4 Å². The first-order chi connectivity index (χ1) is 10.2. The van der Waals surface area contributed by atoms with Crippen molar-refractivity contribution in [2.45, 2.75) is 4.90 Å². The molecule has 0 aliphatic rings. The highest BCUT2D eigenvalue weighted by atomic mass is 32.2. The van der Waals surface area contributed by atoms with Gasteiger partial charge in [0.05, 0.1) is 9.82 Å². The van der Waals surface area contributed by atoms with E-state index >= 15 is 0 Å². The van der Waals surface area contributed by atoms with Gasteiger partial charge < -0.3 is 17.2 Å². The second-order valence-corrected chi connectivity index (χ2v) is 5.77. The molecule has 0 spiro atoms. The summed E-state index contributed by atoms with van der Waals surface area (Å²) in [5.41, 5.74) is 16.0. The van der Waals surface area contributed by atoms with E-state index in [1.807, 2.05) is 0 Å². The van der Waals surface area contributed by atoms with E-state index in [4.69, 9.17) is 17.2 Å². The standard InChI is InChI=1S/C10H11N7O4S/c11-8-7(9(12)15-10(13)14-8)16-22(20,21)6-3-1-5(2-4-6)17(18)19/h1-4,16H,(H6,11,12,13,14,15). The van der Waals surface area contributed by atoms with Crippen molar-refractivity contribution in [3.8, 4) is 0 Å². The Bertz CT molecular complexity index is 812. The van der Waals surface area contributed by atoms with E-state index in [0.717, 1.165) is 24.3 Å². The molecule has 0 saturated carbocycles. The van der Waals surface area contributed by atoms with Gasteiger partial charge in [-0.05, 0) is 12.1 Å². The van der Waals surface area contributed by atoms with Crippen molar-refractivity contribution in [2.75, 3.05) is 21.9 Å². The first-order valence-electron chi connectivity index (χ1n) is 5.66. The Hall–Kier alpha value is -3.15. The van der Waals surface area contributed by atoms with E-state index in [2.05, 4.69) is 14.7 Å². The number of aromatic nitrogens is 2. The van der Waals surface area contributed by atoms with Gasteiger partial charge >= 0.3 is 0 Å². The van der Waals surface area contributed by atoms with E-state index in [1.165, 1.54) is 0 Å². The molecule has 116 valence electrons. The number of nitrogens with one attached hydrogen (secondary N) is 1. The Kier molecular flexibility index (Phi) is 3.69. The number of hydrogen-bond acceptors (Lipinski definition) is 9. The Balaban J connectivity index is 2.38. The molecule has 2 aromatic rings. The largest absolute Gasteiger partial charge is 0.382 e. The van der Waals surface area contributed by atoms with E-state index in [-0.39, 0.29) is 33.9 Å². The number of sulfonamides is 1. The lowest BCUT2D eigenvalue weighted by atomic mass is 10.3. The Labute approximate surface area is 124 Å². The van der Waals surface area contributed by atoms with Crippen LogP contribution in [0.5, 0.6) is 0 Å². The molecular formula is C10H11N7O4S. The lowest BCUT2D eigenvalue weighted by Crippen LogP contribution is -2.17. The average Bonchev–Trinajstić information content (AvgIpc) is 2.43. The minimum atomic E-state index is -4.07. The molecule has 2 rings (SSSR count). The van der Waals surface area contributed by atoms with Crippen molar-refractivity contribution >= 4 is 39.0 Å². The number of nitrogens with two attached hydrogens (primary N) is 3. The maximum absolute atomic E-state index is 12.2. The van der Waals surface area contributed by atoms with Gasteiger partial charge in [0.2, 0.25) is 5.95 Å². The van der Waals surface area contributed by atoms with Gasteiger partial charge in [-0.2, -0.15) is 9.97 Å². The van der Waals surface area contributed by atoms with Crippen molar-refractivity contribution < 1.29 is 13.3 Å². The summed E-state index contributed by atoms with van der Waals surface area (Å²) in [4.78, 5) is 16.9. The van der Waals surface area contributed by atoms with Gasteiger partial charge in [0.25, 0.3) is 15.7 Å². The van der Waals surface area contributed by atoms with Crippen LogP contribution in [0, 0.1) is 10.1 Å². The number of nitrogen functional groups attached to an aromatic ring is 3. The van der Waals surface area contributed by atoms with Crippen LogP contribution in [0.25, 0.3) is 0 Å². The van der Waals surface area contributed by atoms with Crippen LogP contribution in [-0.4, -0.2) is 23.3 Å². The molecule has 0 atom stereocenters. The zero-order valence-corrected chi connectivity index (χ0v) is 11.7. The van der Waals surface area contributed by atoms with E-state index in [1.54, 1.807) is 0 Å². The molecule has 0 radical (unpaired) electrons. The van der Waals surface area contributed by atoms with E-state index in [0.29, 0.717) is 0 Å². The monoisotopic (exact) mass is 325 g/mol. The molecule has 12 heteroatoms. The quantitative estimate of drug-likeness (QED) is 0.439. The van der Waals surface area contributed by atoms with Crippen LogP contribution in [0.4, 0.5) is 29.0 Å². The molecule has 7 N–H and O–H groups in total. The number of rotatable bonds is 4. The highest BCUT2D eigenvalue weighted by molar-refractivity contribution is 7.92. The molecule has 0 aliphatic heterocycles. The molecule has 1 aromatic heterocycles. The van der Waals surface area contributed by atoms with Gasteiger partial charge in [-0.3, -0.25) is 14.8 Å². The molecule has 0 unspecified atom stereocenters. The summed E-state index contributed by atoms with van der Waals surface area (Å²) in [6.07, 6.45) is 0. The van der Waals surface area contributed by atoms with Crippen LogP contribution in [-0.2, 0) is 10.0 Å². The molecule has 22 heavy (non-hydrogen) atoms. The number of benzene rings is 1. The van der Waals surface area contributed by atoms with E-state index < -0.39 is 14.9 Å². The Morgan fingerprint density at radius 3 is 2.00 bits per heavy atom. The number of hydrogen-bond donors (Lipinski definition) is 4. The van der Waals surface area contributed by atoms with Crippen LogP contribution < -0.4 is 21.9 Å². The fourth-order valence-corrected chi connectivity index (χ4v) is 2.65. The summed E-state index contributed by atoms with van der Waals surface area (Å²) in [6.45, 7) is 0. The minimum absolute atomic E-state index is 0.201. The molecule has 0 amide bonds. The van der Waals surface area contributed by atoms with Crippen LogP contribution in [0.2, 0.25) is 0 Å². The van der Waals surface area contributed by atoms with Crippen LogP contribution in [0.15, 0.2) is 29.2 Å². The van der Waals surface area contributed by atoms with Crippen molar-refractivity contribution in [2.24, 2.45) is 0 Å².